The standard InChI is InChI=1S/C10H19NO/c11-6-8-1-2-10-7-12-4-3-9(10)5-8/h8-10H,1-7,11H2. The van der Waals surface area contributed by atoms with Crippen molar-refractivity contribution in [3.05, 3.63) is 0 Å². The first-order valence-electron chi connectivity index (χ1n) is 5.18. The first kappa shape index (κ1) is 8.52. The van der Waals surface area contributed by atoms with Crippen LogP contribution < -0.4 is 5.73 Å². The van der Waals surface area contributed by atoms with Crippen LogP contribution in [0.3, 0.4) is 0 Å². The molecule has 1 heterocycles. The van der Waals surface area contributed by atoms with E-state index < -0.39 is 0 Å². The Hall–Kier alpha value is -0.0800. The van der Waals surface area contributed by atoms with Crippen LogP contribution in [0.4, 0.5) is 0 Å². The second-order valence-electron chi connectivity index (χ2n) is 4.30. The highest BCUT2D eigenvalue weighted by atomic mass is 16.5. The van der Waals surface area contributed by atoms with Crippen LogP contribution in [0.1, 0.15) is 25.7 Å². The van der Waals surface area contributed by atoms with Crippen molar-refractivity contribution in [1.29, 1.82) is 0 Å². The number of rotatable bonds is 1. The van der Waals surface area contributed by atoms with Crippen molar-refractivity contribution in [3.63, 3.8) is 0 Å². The second-order valence-corrected chi connectivity index (χ2v) is 4.30. The van der Waals surface area contributed by atoms with E-state index in [9.17, 15) is 0 Å². The third-order valence-electron chi connectivity index (χ3n) is 3.55. The summed E-state index contributed by atoms with van der Waals surface area (Å²) in [6.45, 7) is 2.89. The van der Waals surface area contributed by atoms with Gasteiger partial charge in [-0.2, -0.15) is 0 Å². The highest BCUT2D eigenvalue weighted by Crippen LogP contribution is 2.37. The molecular formula is C10H19NO. The van der Waals surface area contributed by atoms with Crippen molar-refractivity contribution < 1.29 is 4.74 Å². The number of hydrogen-bond donors (Lipinski definition) is 1. The quantitative estimate of drug-likeness (QED) is 0.644. The molecule has 2 aliphatic rings. The Morgan fingerprint density at radius 3 is 2.92 bits per heavy atom. The monoisotopic (exact) mass is 169 g/mol. The molecule has 1 aliphatic heterocycles. The summed E-state index contributed by atoms with van der Waals surface area (Å²) < 4.78 is 5.48. The second kappa shape index (κ2) is 3.75. The van der Waals surface area contributed by atoms with Crippen LogP contribution in [0.15, 0.2) is 0 Å². The molecule has 1 saturated carbocycles. The van der Waals surface area contributed by atoms with E-state index in [1.165, 1.54) is 25.7 Å². The molecule has 70 valence electrons. The van der Waals surface area contributed by atoms with Crippen molar-refractivity contribution in [2.45, 2.75) is 25.7 Å². The zero-order valence-corrected chi connectivity index (χ0v) is 7.67. The first-order valence-corrected chi connectivity index (χ1v) is 5.18. The van der Waals surface area contributed by atoms with E-state index in [0.717, 1.165) is 37.5 Å². The van der Waals surface area contributed by atoms with Gasteiger partial charge < -0.3 is 10.5 Å². The van der Waals surface area contributed by atoms with Crippen molar-refractivity contribution >= 4 is 0 Å². The Bertz CT molecular complexity index is 149. The molecule has 0 aromatic rings. The largest absolute Gasteiger partial charge is 0.381 e. The van der Waals surface area contributed by atoms with E-state index in [4.69, 9.17) is 10.5 Å². The van der Waals surface area contributed by atoms with Gasteiger partial charge in [-0.3, -0.25) is 0 Å². The van der Waals surface area contributed by atoms with Gasteiger partial charge in [0.15, 0.2) is 0 Å². The molecule has 3 unspecified atom stereocenters. The predicted molar refractivity (Wildman–Crippen MR) is 48.8 cm³/mol. The summed E-state index contributed by atoms with van der Waals surface area (Å²) in [5.74, 6) is 2.60. The van der Waals surface area contributed by atoms with Gasteiger partial charge in [0.2, 0.25) is 0 Å². The summed E-state index contributed by atoms with van der Waals surface area (Å²) in [4.78, 5) is 0. The molecule has 0 bridgehead atoms. The maximum absolute atomic E-state index is 5.69. The lowest BCUT2D eigenvalue weighted by Crippen LogP contribution is -2.35. The van der Waals surface area contributed by atoms with Gasteiger partial charge in [-0.25, -0.2) is 0 Å². The van der Waals surface area contributed by atoms with E-state index in [1.54, 1.807) is 0 Å². The zero-order chi connectivity index (χ0) is 8.39. The highest BCUT2D eigenvalue weighted by Gasteiger charge is 2.31. The van der Waals surface area contributed by atoms with Crippen LogP contribution >= 0.6 is 0 Å². The molecule has 0 amide bonds. The predicted octanol–water partition coefficient (Wildman–Crippen LogP) is 1.40. The molecular weight excluding hydrogens is 150 g/mol. The molecule has 0 aromatic heterocycles. The highest BCUT2D eigenvalue weighted by molar-refractivity contribution is 4.82. The van der Waals surface area contributed by atoms with Gasteiger partial charge >= 0.3 is 0 Å². The molecule has 0 radical (unpaired) electrons. The summed E-state index contributed by atoms with van der Waals surface area (Å²) in [6, 6.07) is 0. The van der Waals surface area contributed by atoms with Gasteiger partial charge in [0.1, 0.15) is 0 Å². The summed E-state index contributed by atoms with van der Waals surface area (Å²) in [5.41, 5.74) is 5.69. The summed E-state index contributed by atoms with van der Waals surface area (Å²) >= 11 is 0. The minimum Gasteiger partial charge on any atom is -0.381 e. The zero-order valence-electron chi connectivity index (χ0n) is 7.67. The van der Waals surface area contributed by atoms with E-state index in [2.05, 4.69) is 0 Å². The van der Waals surface area contributed by atoms with E-state index in [1.807, 2.05) is 0 Å². The summed E-state index contributed by atoms with van der Waals surface area (Å²) in [5, 5.41) is 0. The Morgan fingerprint density at radius 1 is 1.17 bits per heavy atom. The molecule has 2 N–H and O–H groups in total. The number of hydrogen-bond acceptors (Lipinski definition) is 2. The fourth-order valence-electron chi connectivity index (χ4n) is 2.68. The Morgan fingerprint density at radius 2 is 2.08 bits per heavy atom. The van der Waals surface area contributed by atoms with E-state index >= 15 is 0 Å². The molecule has 3 atom stereocenters. The topological polar surface area (TPSA) is 35.2 Å². The summed E-state index contributed by atoms with van der Waals surface area (Å²) in [6.07, 6.45) is 5.33. The van der Waals surface area contributed by atoms with Crippen molar-refractivity contribution in [3.8, 4) is 0 Å². The maximum atomic E-state index is 5.69. The van der Waals surface area contributed by atoms with Crippen LogP contribution in [-0.4, -0.2) is 19.8 Å². The van der Waals surface area contributed by atoms with E-state index in [-0.39, 0.29) is 0 Å². The molecule has 2 rings (SSSR count). The molecule has 0 spiro atoms. The van der Waals surface area contributed by atoms with Gasteiger partial charge in [-0.1, -0.05) is 0 Å². The van der Waals surface area contributed by atoms with Crippen LogP contribution in [0.2, 0.25) is 0 Å². The first-order chi connectivity index (χ1) is 5.90. The number of fused-ring (bicyclic) bond motifs is 1. The van der Waals surface area contributed by atoms with Crippen LogP contribution in [-0.2, 0) is 4.74 Å². The minimum absolute atomic E-state index is 0.810. The smallest absolute Gasteiger partial charge is 0.0496 e. The van der Waals surface area contributed by atoms with Gasteiger partial charge in [0.05, 0.1) is 0 Å². The van der Waals surface area contributed by atoms with Gasteiger partial charge in [-0.05, 0) is 50.0 Å². The normalized spacial score (nSPS) is 42.2. The lowest BCUT2D eigenvalue weighted by Gasteiger charge is -2.38. The molecule has 2 heteroatoms. The molecule has 1 aliphatic carbocycles. The van der Waals surface area contributed by atoms with Gasteiger partial charge in [0.25, 0.3) is 0 Å². The fraction of sp³-hybridized carbons (Fsp3) is 1.00. The minimum atomic E-state index is 0.810. The van der Waals surface area contributed by atoms with Gasteiger partial charge in [0, 0.05) is 13.2 Å². The average Bonchev–Trinajstić information content (AvgIpc) is 2.17. The molecule has 0 aromatic carbocycles. The number of ether oxygens (including phenoxy) is 1. The van der Waals surface area contributed by atoms with Crippen LogP contribution in [0.25, 0.3) is 0 Å². The van der Waals surface area contributed by atoms with Gasteiger partial charge in [-0.15, -0.1) is 0 Å². The van der Waals surface area contributed by atoms with Crippen LogP contribution in [0, 0.1) is 17.8 Å². The SMILES string of the molecule is NCC1CCC2COCCC2C1. The van der Waals surface area contributed by atoms with E-state index in [0.29, 0.717) is 0 Å². The Kier molecular flexibility index (Phi) is 2.66. The average molecular weight is 169 g/mol. The molecule has 2 nitrogen and oxygen atoms in total. The third-order valence-corrected chi connectivity index (χ3v) is 3.55. The Balaban J connectivity index is 1.90. The molecule has 12 heavy (non-hydrogen) atoms. The number of nitrogens with two attached hydrogens (primary N) is 1. The molecule has 1 saturated heterocycles. The van der Waals surface area contributed by atoms with Crippen molar-refractivity contribution in [2.75, 3.05) is 19.8 Å². The van der Waals surface area contributed by atoms with Crippen molar-refractivity contribution in [2.24, 2.45) is 23.5 Å². The molecule has 2 fully saturated rings. The van der Waals surface area contributed by atoms with Crippen LogP contribution in [0.5, 0.6) is 0 Å². The Labute approximate surface area is 74.5 Å². The lowest BCUT2D eigenvalue weighted by molar-refractivity contribution is -0.0119. The maximum Gasteiger partial charge on any atom is 0.0496 e. The third kappa shape index (κ3) is 1.64. The fourth-order valence-corrected chi connectivity index (χ4v) is 2.68. The lowest BCUT2D eigenvalue weighted by atomic mass is 9.72. The van der Waals surface area contributed by atoms with Crippen molar-refractivity contribution in [1.82, 2.24) is 0 Å². The summed E-state index contributed by atoms with van der Waals surface area (Å²) in [7, 11) is 0.